The van der Waals surface area contributed by atoms with Gasteiger partial charge in [0.1, 0.15) is 0 Å². The second-order valence-corrected chi connectivity index (χ2v) is 8.67. The Hall–Kier alpha value is -1.66. The largest absolute Gasteiger partial charge is 0.338 e. The summed E-state index contributed by atoms with van der Waals surface area (Å²) in [6.45, 7) is 2.30. The minimum atomic E-state index is 0.108. The van der Waals surface area contributed by atoms with Crippen LogP contribution in [0.15, 0.2) is 29.0 Å². The van der Waals surface area contributed by atoms with Crippen molar-refractivity contribution in [2.24, 2.45) is 0 Å². The molecule has 2 aliphatic rings. The van der Waals surface area contributed by atoms with Crippen molar-refractivity contribution in [2.45, 2.75) is 44.7 Å². The third-order valence-electron chi connectivity index (χ3n) is 5.16. The van der Waals surface area contributed by atoms with Crippen molar-refractivity contribution < 1.29 is 9.59 Å². The second kappa shape index (κ2) is 7.30. The molecule has 132 valence electrons. The van der Waals surface area contributed by atoms with E-state index in [0.29, 0.717) is 19.4 Å². The minimum Gasteiger partial charge on any atom is -0.338 e. The Morgan fingerprint density at radius 3 is 2.80 bits per heavy atom. The van der Waals surface area contributed by atoms with Gasteiger partial charge in [-0.25, -0.2) is 0 Å². The van der Waals surface area contributed by atoms with Gasteiger partial charge in [0.25, 0.3) is 0 Å². The Morgan fingerprint density at radius 2 is 1.96 bits per heavy atom. The van der Waals surface area contributed by atoms with Crippen molar-refractivity contribution in [3.05, 3.63) is 44.3 Å². The lowest BCUT2D eigenvalue weighted by atomic mass is 10.1. The summed E-state index contributed by atoms with van der Waals surface area (Å²) in [7, 11) is 0. The van der Waals surface area contributed by atoms with Gasteiger partial charge in [0.15, 0.2) is 0 Å². The van der Waals surface area contributed by atoms with Crippen molar-refractivity contribution in [1.29, 1.82) is 0 Å². The quantitative estimate of drug-likeness (QED) is 0.816. The van der Waals surface area contributed by atoms with Gasteiger partial charge in [0, 0.05) is 42.2 Å². The monoisotopic (exact) mass is 374 g/mol. The highest BCUT2D eigenvalue weighted by Crippen LogP contribution is 2.35. The summed E-state index contributed by atoms with van der Waals surface area (Å²) >= 11 is 3.49. The molecule has 2 amide bonds. The van der Waals surface area contributed by atoms with Crippen LogP contribution in [0.2, 0.25) is 0 Å². The molecule has 0 aliphatic carbocycles. The highest BCUT2D eigenvalue weighted by molar-refractivity contribution is 7.10. The number of thiophene rings is 2. The van der Waals surface area contributed by atoms with E-state index in [1.807, 2.05) is 15.9 Å². The Morgan fingerprint density at radius 1 is 1.08 bits per heavy atom. The van der Waals surface area contributed by atoms with Crippen LogP contribution in [-0.4, -0.2) is 34.7 Å². The van der Waals surface area contributed by atoms with E-state index in [4.69, 9.17) is 0 Å². The summed E-state index contributed by atoms with van der Waals surface area (Å²) < 4.78 is 0. The molecule has 1 saturated heterocycles. The molecule has 1 fully saturated rings. The zero-order valence-electron chi connectivity index (χ0n) is 14.1. The second-order valence-electron chi connectivity index (χ2n) is 6.69. The van der Waals surface area contributed by atoms with Gasteiger partial charge < -0.3 is 9.80 Å². The van der Waals surface area contributed by atoms with Gasteiger partial charge in [-0.05, 0) is 47.7 Å². The van der Waals surface area contributed by atoms with E-state index < -0.39 is 0 Å². The van der Waals surface area contributed by atoms with E-state index in [1.54, 1.807) is 22.7 Å². The lowest BCUT2D eigenvalue weighted by Crippen LogP contribution is -2.36. The van der Waals surface area contributed by atoms with Crippen molar-refractivity contribution in [2.75, 3.05) is 13.1 Å². The molecule has 4 heterocycles. The molecule has 2 aromatic heterocycles. The normalized spacial score (nSPS) is 19.9. The van der Waals surface area contributed by atoms with E-state index in [-0.39, 0.29) is 17.9 Å². The summed E-state index contributed by atoms with van der Waals surface area (Å²) in [4.78, 5) is 31.7. The van der Waals surface area contributed by atoms with Gasteiger partial charge in [0.05, 0.1) is 6.04 Å². The lowest BCUT2D eigenvalue weighted by molar-refractivity contribution is -0.138. The first-order valence-corrected chi connectivity index (χ1v) is 10.6. The van der Waals surface area contributed by atoms with Gasteiger partial charge >= 0.3 is 0 Å². The first kappa shape index (κ1) is 16.8. The van der Waals surface area contributed by atoms with Crippen LogP contribution in [0.4, 0.5) is 0 Å². The first-order valence-electron chi connectivity index (χ1n) is 8.88. The Balaban J connectivity index is 1.32. The van der Waals surface area contributed by atoms with Crippen molar-refractivity contribution in [1.82, 2.24) is 9.80 Å². The molecule has 0 aromatic carbocycles. The van der Waals surface area contributed by atoms with Crippen LogP contribution in [0.1, 0.15) is 47.0 Å². The molecule has 0 spiro atoms. The molecule has 0 saturated carbocycles. The van der Waals surface area contributed by atoms with E-state index >= 15 is 0 Å². The van der Waals surface area contributed by atoms with Crippen LogP contribution < -0.4 is 0 Å². The Bertz CT molecular complexity index is 753. The number of nitrogens with zero attached hydrogens (tertiary/aromatic N) is 2. The zero-order chi connectivity index (χ0) is 17.2. The summed E-state index contributed by atoms with van der Waals surface area (Å²) in [6.07, 6.45) is 3.68. The predicted octanol–water partition coefficient (Wildman–Crippen LogP) is 3.84. The third kappa shape index (κ3) is 3.51. The number of likely N-dealkylation sites (tertiary alicyclic amines) is 1. The van der Waals surface area contributed by atoms with Crippen LogP contribution in [0.5, 0.6) is 0 Å². The standard InChI is InChI=1S/C19H22N2O2S2/c22-18(20-10-7-16-14(13-20)8-12-25-16)5-6-19(23)21-9-1-3-15(21)17-4-2-11-24-17/h2,4,8,11-12,15H,1,3,5-7,9-10,13H2/t15-/m1/s1. The van der Waals surface area contributed by atoms with Crippen LogP contribution in [0.3, 0.4) is 0 Å². The molecule has 25 heavy (non-hydrogen) atoms. The van der Waals surface area contributed by atoms with E-state index in [0.717, 1.165) is 32.4 Å². The molecule has 1 atom stereocenters. The van der Waals surface area contributed by atoms with Gasteiger partial charge in [0.2, 0.25) is 11.8 Å². The molecule has 0 N–H and O–H groups in total. The van der Waals surface area contributed by atoms with Crippen LogP contribution in [0.25, 0.3) is 0 Å². The maximum atomic E-state index is 12.7. The molecule has 2 aromatic rings. The molecule has 4 nitrogen and oxygen atoms in total. The number of hydrogen-bond donors (Lipinski definition) is 0. The summed E-state index contributed by atoms with van der Waals surface area (Å²) in [5.74, 6) is 0.231. The molecule has 0 unspecified atom stereocenters. The smallest absolute Gasteiger partial charge is 0.223 e. The van der Waals surface area contributed by atoms with Gasteiger partial charge in [-0.3, -0.25) is 9.59 Å². The molecule has 0 radical (unpaired) electrons. The molecule has 6 heteroatoms. The van der Waals surface area contributed by atoms with Gasteiger partial charge in [-0.1, -0.05) is 6.07 Å². The number of fused-ring (bicyclic) bond motifs is 1. The average molecular weight is 375 g/mol. The summed E-state index contributed by atoms with van der Waals surface area (Å²) in [5.41, 5.74) is 1.27. The maximum absolute atomic E-state index is 12.7. The van der Waals surface area contributed by atoms with Gasteiger partial charge in [-0.15, -0.1) is 22.7 Å². The highest BCUT2D eigenvalue weighted by Gasteiger charge is 2.31. The third-order valence-corrected chi connectivity index (χ3v) is 7.15. The van der Waals surface area contributed by atoms with Crippen molar-refractivity contribution >= 4 is 34.5 Å². The van der Waals surface area contributed by atoms with Crippen molar-refractivity contribution in [3.8, 4) is 0 Å². The fourth-order valence-corrected chi connectivity index (χ4v) is 5.58. The van der Waals surface area contributed by atoms with E-state index in [1.165, 1.54) is 15.3 Å². The molecule has 2 aliphatic heterocycles. The maximum Gasteiger partial charge on any atom is 0.223 e. The SMILES string of the molecule is O=C(CCC(=O)N1CCC[C@@H]1c1cccs1)N1CCc2sccc2C1. The van der Waals surface area contributed by atoms with Crippen molar-refractivity contribution in [3.63, 3.8) is 0 Å². The summed E-state index contributed by atoms with van der Waals surface area (Å²) in [5, 5.41) is 4.16. The predicted molar refractivity (Wildman–Crippen MR) is 101 cm³/mol. The molecule has 0 bridgehead atoms. The highest BCUT2D eigenvalue weighted by atomic mass is 32.1. The summed E-state index contributed by atoms with van der Waals surface area (Å²) in [6, 6.07) is 6.48. The fourth-order valence-electron chi connectivity index (χ4n) is 3.82. The topological polar surface area (TPSA) is 40.6 Å². The van der Waals surface area contributed by atoms with Crippen LogP contribution in [0, 0.1) is 0 Å². The average Bonchev–Trinajstić information content (AvgIpc) is 3.38. The molecule has 4 rings (SSSR count). The van der Waals surface area contributed by atoms with E-state index in [2.05, 4.69) is 22.9 Å². The first-order chi connectivity index (χ1) is 12.2. The number of amides is 2. The molecular weight excluding hydrogens is 352 g/mol. The number of carbonyl (C=O) groups is 2. The van der Waals surface area contributed by atoms with E-state index in [9.17, 15) is 9.59 Å². The Labute approximate surface area is 156 Å². The number of rotatable bonds is 4. The van der Waals surface area contributed by atoms with Gasteiger partial charge in [-0.2, -0.15) is 0 Å². The van der Waals surface area contributed by atoms with Crippen LogP contribution >= 0.6 is 22.7 Å². The zero-order valence-corrected chi connectivity index (χ0v) is 15.8. The minimum absolute atomic E-state index is 0.108. The lowest BCUT2D eigenvalue weighted by Gasteiger charge is -2.28. The number of carbonyl (C=O) groups excluding carboxylic acids is 2. The number of hydrogen-bond acceptors (Lipinski definition) is 4. The van der Waals surface area contributed by atoms with Crippen LogP contribution in [-0.2, 0) is 22.6 Å². The Kier molecular flexibility index (Phi) is 4.90. The molecular formula is C19H22N2O2S2. The fraction of sp³-hybridized carbons (Fsp3) is 0.474.